The van der Waals surface area contributed by atoms with Gasteiger partial charge in [0.05, 0.1) is 6.04 Å². The molecule has 1 amide bonds. The molecule has 0 aromatic carbocycles. The number of hydrogen-bond acceptors (Lipinski definition) is 3. The summed E-state index contributed by atoms with van der Waals surface area (Å²) < 4.78 is 4.87. The van der Waals surface area contributed by atoms with Gasteiger partial charge < -0.3 is 15.8 Å². The van der Waals surface area contributed by atoms with E-state index in [0.29, 0.717) is 19.6 Å². The van der Waals surface area contributed by atoms with Crippen LogP contribution < -0.4 is 11.1 Å². The van der Waals surface area contributed by atoms with Gasteiger partial charge in [0.15, 0.2) is 0 Å². The van der Waals surface area contributed by atoms with Gasteiger partial charge in [0.2, 0.25) is 5.91 Å². The number of carbonyl (C=O) groups excluding carboxylic acids is 1. The Morgan fingerprint density at radius 3 is 2.60 bits per heavy atom. The van der Waals surface area contributed by atoms with E-state index in [9.17, 15) is 4.79 Å². The smallest absolute Gasteiger partial charge is 0.237 e. The number of nitrogens with one attached hydrogen (secondary N) is 1. The van der Waals surface area contributed by atoms with Crippen LogP contribution in [0.2, 0.25) is 0 Å². The molecular weight excluding hydrogens is 192 g/mol. The summed E-state index contributed by atoms with van der Waals surface area (Å²) >= 11 is 0. The lowest BCUT2D eigenvalue weighted by Gasteiger charge is -2.23. The van der Waals surface area contributed by atoms with Crippen molar-refractivity contribution in [2.75, 3.05) is 20.3 Å². The topological polar surface area (TPSA) is 64.4 Å². The largest absolute Gasteiger partial charge is 0.385 e. The van der Waals surface area contributed by atoms with Crippen molar-refractivity contribution in [2.24, 2.45) is 11.1 Å². The molecule has 0 aliphatic rings. The zero-order valence-corrected chi connectivity index (χ0v) is 10.3. The molecule has 3 N–H and O–H groups in total. The zero-order chi connectivity index (χ0) is 11.9. The quantitative estimate of drug-likeness (QED) is 0.664. The number of methoxy groups -OCH3 is 1. The number of amides is 1. The van der Waals surface area contributed by atoms with Crippen LogP contribution in [0.3, 0.4) is 0 Å². The minimum Gasteiger partial charge on any atom is -0.385 e. The third-order valence-corrected chi connectivity index (χ3v) is 2.67. The van der Waals surface area contributed by atoms with Crippen molar-refractivity contribution in [1.29, 1.82) is 0 Å². The highest BCUT2D eigenvalue weighted by molar-refractivity contribution is 5.81. The highest BCUT2D eigenvalue weighted by Crippen LogP contribution is 2.17. The van der Waals surface area contributed by atoms with E-state index in [1.807, 2.05) is 0 Å². The Bertz CT molecular complexity index is 193. The molecule has 0 aromatic heterocycles. The number of hydrogen-bond donors (Lipinski definition) is 2. The number of carbonyl (C=O) groups is 1. The van der Waals surface area contributed by atoms with E-state index in [1.165, 1.54) is 0 Å². The summed E-state index contributed by atoms with van der Waals surface area (Å²) in [4.78, 5) is 11.5. The van der Waals surface area contributed by atoms with Crippen molar-refractivity contribution < 1.29 is 9.53 Å². The van der Waals surface area contributed by atoms with E-state index in [0.717, 1.165) is 6.42 Å². The second kappa shape index (κ2) is 6.80. The van der Waals surface area contributed by atoms with E-state index in [-0.39, 0.29) is 11.3 Å². The summed E-state index contributed by atoms with van der Waals surface area (Å²) in [6.45, 7) is 7.54. The third kappa shape index (κ3) is 6.47. The van der Waals surface area contributed by atoms with Crippen LogP contribution in [0.25, 0.3) is 0 Å². The van der Waals surface area contributed by atoms with Gasteiger partial charge in [-0.05, 0) is 18.3 Å². The Morgan fingerprint density at radius 1 is 1.53 bits per heavy atom. The number of nitrogens with two attached hydrogens (primary N) is 1. The highest BCUT2D eigenvalue weighted by Gasteiger charge is 2.18. The predicted octanol–water partition coefficient (Wildman–Crippen LogP) is 0.903. The minimum atomic E-state index is -0.461. The van der Waals surface area contributed by atoms with E-state index in [2.05, 4.69) is 26.1 Å². The molecule has 15 heavy (non-hydrogen) atoms. The molecule has 4 heteroatoms. The summed E-state index contributed by atoms with van der Waals surface area (Å²) in [7, 11) is 1.60. The average Bonchev–Trinajstić information content (AvgIpc) is 2.22. The number of rotatable bonds is 7. The van der Waals surface area contributed by atoms with Crippen LogP contribution in [-0.4, -0.2) is 32.2 Å². The lowest BCUT2D eigenvalue weighted by Crippen LogP contribution is -2.44. The Hall–Kier alpha value is -0.610. The van der Waals surface area contributed by atoms with Gasteiger partial charge in [0, 0.05) is 20.3 Å². The maximum absolute atomic E-state index is 11.5. The van der Waals surface area contributed by atoms with Crippen LogP contribution in [0.1, 0.15) is 33.6 Å². The van der Waals surface area contributed by atoms with Crippen molar-refractivity contribution in [2.45, 2.75) is 39.7 Å². The Kier molecular flexibility index (Phi) is 6.52. The minimum absolute atomic E-state index is 0.0893. The summed E-state index contributed by atoms with van der Waals surface area (Å²) in [6.07, 6.45) is 1.59. The lowest BCUT2D eigenvalue weighted by atomic mass is 9.90. The van der Waals surface area contributed by atoms with Crippen LogP contribution >= 0.6 is 0 Å². The second-order valence-electron chi connectivity index (χ2n) is 4.62. The van der Waals surface area contributed by atoms with Crippen molar-refractivity contribution in [3.8, 4) is 0 Å². The molecule has 0 saturated carbocycles. The highest BCUT2D eigenvalue weighted by atomic mass is 16.5. The van der Waals surface area contributed by atoms with Gasteiger partial charge in [0.25, 0.3) is 0 Å². The van der Waals surface area contributed by atoms with E-state index < -0.39 is 6.04 Å². The van der Waals surface area contributed by atoms with Crippen LogP contribution in [0, 0.1) is 5.41 Å². The maximum Gasteiger partial charge on any atom is 0.237 e. The average molecular weight is 216 g/mol. The van der Waals surface area contributed by atoms with Gasteiger partial charge in [-0.15, -0.1) is 0 Å². The van der Waals surface area contributed by atoms with E-state index in [1.54, 1.807) is 7.11 Å². The van der Waals surface area contributed by atoms with Gasteiger partial charge >= 0.3 is 0 Å². The molecular formula is C11H24N2O2. The Balaban J connectivity index is 3.82. The first-order valence-corrected chi connectivity index (χ1v) is 5.45. The molecule has 0 aliphatic heterocycles. The SMILES string of the molecule is CCC(C)(C)CNC(=O)C(N)CCOC. The van der Waals surface area contributed by atoms with Crippen molar-refractivity contribution in [1.82, 2.24) is 5.32 Å². The molecule has 0 rings (SSSR count). The van der Waals surface area contributed by atoms with E-state index in [4.69, 9.17) is 10.5 Å². The molecule has 0 radical (unpaired) electrons. The van der Waals surface area contributed by atoms with Gasteiger partial charge in [-0.2, -0.15) is 0 Å². The van der Waals surface area contributed by atoms with E-state index >= 15 is 0 Å². The van der Waals surface area contributed by atoms with Gasteiger partial charge in [-0.25, -0.2) is 0 Å². The third-order valence-electron chi connectivity index (χ3n) is 2.67. The fourth-order valence-corrected chi connectivity index (χ4v) is 0.958. The summed E-state index contributed by atoms with van der Waals surface area (Å²) in [6, 6.07) is -0.461. The summed E-state index contributed by atoms with van der Waals surface area (Å²) in [5, 5.41) is 2.86. The van der Waals surface area contributed by atoms with Gasteiger partial charge in [0.1, 0.15) is 0 Å². The predicted molar refractivity (Wildman–Crippen MR) is 61.6 cm³/mol. The first-order chi connectivity index (χ1) is 6.93. The first kappa shape index (κ1) is 14.4. The zero-order valence-electron chi connectivity index (χ0n) is 10.3. The van der Waals surface area contributed by atoms with Crippen molar-refractivity contribution >= 4 is 5.91 Å². The molecule has 0 spiro atoms. The molecule has 90 valence electrons. The number of ether oxygens (including phenoxy) is 1. The first-order valence-electron chi connectivity index (χ1n) is 5.45. The molecule has 1 unspecified atom stereocenters. The monoisotopic (exact) mass is 216 g/mol. The second-order valence-corrected chi connectivity index (χ2v) is 4.62. The van der Waals surface area contributed by atoms with Crippen LogP contribution in [0.15, 0.2) is 0 Å². The van der Waals surface area contributed by atoms with Crippen LogP contribution in [0.5, 0.6) is 0 Å². The molecule has 0 bridgehead atoms. The van der Waals surface area contributed by atoms with Crippen molar-refractivity contribution in [3.05, 3.63) is 0 Å². The van der Waals surface area contributed by atoms with Crippen molar-refractivity contribution in [3.63, 3.8) is 0 Å². The molecule has 0 heterocycles. The molecule has 0 fully saturated rings. The Labute approximate surface area is 92.6 Å². The molecule has 4 nitrogen and oxygen atoms in total. The van der Waals surface area contributed by atoms with Gasteiger partial charge in [-0.3, -0.25) is 4.79 Å². The lowest BCUT2D eigenvalue weighted by molar-refractivity contribution is -0.123. The maximum atomic E-state index is 11.5. The molecule has 0 aliphatic carbocycles. The van der Waals surface area contributed by atoms with Crippen LogP contribution in [0.4, 0.5) is 0 Å². The standard InChI is InChI=1S/C11H24N2O2/c1-5-11(2,3)8-13-10(14)9(12)6-7-15-4/h9H,5-8,12H2,1-4H3,(H,13,14). The summed E-state index contributed by atoms with van der Waals surface area (Å²) in [5.74, 6) is -0.0893. The summed E-state index contributed by atoms with van der Waals surface area (Å²) in [5.41, 5.74) is 5.82. The molecule has 0 aromatic rings. The molecule has 0 saturated heterocycles. The van der Waals surface area contributed by atoms with Gasteiger partial charge in [-0.1, -0.05) is 20.8 Å². The molecule has 1 atom stereocenters. The fraction of sp³-hybridized carbons (Fsp3) is 0.909. The normalized spacial score (nSPS) is 13.7. The fourth-order valence-electron chi connectivity index (χ4n) is 0.958. The Morgan fingerprint density at radius 2 is 2.13 bits per heavy atom. The van der Waals surface area contributed by atoms with Crippen LogP contribution in [-0.2, 0) is 9.53 Å².